The summed E-state index contributed by atoms with van der Waals surface area (Å²) in [5.74, 6) is 1.60. The first-order valence-corrected chi connectivity index (χ1v) is 6.75. The fraction of sp³-hybridized carbons (Fsp3) is 0.231. The van der Waals surface area contributed by atoms with Gasteiger partial charge in [0.25, 0.3) is 5.69 Å². The zero-order valence-corrected chi connectivity index (χ0v) is 12.5. The van der Waals surface area contributed by atoms with Crippen LogP contribution in [0.25, 0.3) is 0 Å². The van der Waals surface area contributed by atoms with Crippen molar-refractivity contribution in [3.05, 3.63) is 50.4 Å². The lowest BCUT2D eigenvalue weighted by Crippen LogP contribution is -1.98. The van der Waals surface area contributed by atoms with Crippen LogP contribution in [0.3, 0.4) is 0 Å². The highest BCUT2D eigenvalue weighted by molar-refractivity contribution is 9.10. The van der Waals surface area contributed by atoms with E-state index in [1.807, 2.05) is 6.92 Å². The molecule has 0 aliphatic rings. The van der Waals surface area contributed by atoms with E-state index in [2.05, 4.69) is 25.9 Å². The highest BCUT2D eigenvalue weighted by Crippen LogP contribution is 2.28. The Morgan fingerprint density at radius 1 is 1.35 bits per heavy atom. The van der Waals surface area contributed by atoms with E-state index in [4.69, 9.17) is 4.74 Å². The predicted octanol–water partition coefficient (Wildman–Crippen LogP) is 3.81. The van der Waals surface area contributed by atoms with Gasteiger partial charge in [0.05, 0.1) is 4.92 Å². The smallest absolute Gasteiger partial charge is 0.269 e. The Morgan fingerprint density at radius 3 is 2.70 bits per heavy atom. The van der Waals surface area contributed by atoms with Crippen molar-refractivity contribution in [1.82, 2.24) is 9.97 Å². The van der Waals surface area contributed by atoms with Gasteiger partial charge in [0, 0.05) is 24.6 Å². The maximum Gasteiger partial charge on any atom is 0.269 e. The number of nitro benzene ring substituents is 1. The van der Waals surface area contributed by atoms with Gasteiger partial charge in [-0.2, -0.15) is 4.98 Å². The summed E-state index contributed by atoms with van der Waals surface area (Å²) < 4.78 is 6.30. The highest BCUT2D eigenvalue weighted by atomic mass is 79.9. The number of benzene rings is 1. The van der Waals surface area contributed by atoms with Crippen molar-refractivity contribution in [2.24, 2.45) is 0 Å². The Bertz CT molecular complexity index is 661. The van der Waals surface area contributed by atoms with Crippen molar-refractivity contribution >= 4 is 21.6 Å². The first-order valence-electron chi connectivity index (χ1n) is 5.96. The largest absolute Gasteiger partial charge is 0.439 e. The van der Waals surface area contributed by atoms with E-state index in [1.165, 1.54) is 12.1 Å². The fourth-order valence-corrected chi connectivity index (χ4v) is 2.03. The molecule has 0 atom stereocenters. The highest BCUT2D eigenvalue weighted by Gasteiger charge is 2.11. The zero-order chi connectivity index (χ0) is 14.7. The van der Waals surface area contributed by atoms with Gasteiger partial charge in [-0.3, -0.25) is 10.1 Å². The van der Waals surface area contributed by atoms with Gasteiger partial charge < -0.3 is 4.74 Å². The summed E-state index contributed by atoms with van der Waals surface area (Å²) in [6.45, 7) is 3.70. The normalized spacial score (nSPS) is 10.3. The van der Waals surface area contributed by atoms with Gasteiger partial charge >= 0.3 is 0 Å². The molecule has 6 nitrogen and oxygen atoms in total. The van der Waals surface area contributed by atoms with Crippen molar-refractivity contribution < 1.29 is 9.66 Å². The van der Waals surface area contributed by atoms with Crippen molar-refractivity contribution in [1.29, 1.82) is 0 Å². The number of nitro groups is 1. The van der Waals surface area contributed by atoms with Crippen molar-refractivity contribution in [2.75, 3.05) is 0 Å². The summed E-state index contributed by atoms with van der Waals surface area (Å²) in [4.78, 5) is 18.7. The summed E-state index contributed by atoms with van der Waals surface area (Å²) in [7, 11) is 0. The minimum absolute atomic E-state index is 0.0352. The first kappa shape index (κ1) is 14.4. The zero-order valence-electron chi connectivity index (χ0n) is 11.0. The molecule has 0 unspecified atom stereocenters. The lowest BCUT2D eigenvalue weighted by molar-refractivity contribution is -0.384. The van der Waals surface area contributed by atoms with Gasteiger partial charge in [-0.1, -0.05) is 6.92 Å². The molecule has 0 amide bonds. The molecular weight excluding hydrogens is 326 g/mol. The van der Waals surface area contributed by atoms with Crippen LogP contribution in [0.4, 0.5) is 5.69 Å². The van der Waals surface area contributed by atoms with E-state index in [0.717, 1.165) is 0 Å². The summed E-state index contributed by atoms with van der Waals surface area (Å²) >= 11 is 3.30. The van der Waals surface area contributed by atoms with Gasteiger partial charge in [-0.15, -0.1) is 0 Å². The van der Waals surface area contributed by atoms with Gasteiger partial charge in [0.15, 0.2) is 0 Å². The third kappa shape index (κ3) is 3.30. The number of ether oxygens (including phenoxy) is 1. The fourth-order valence-electron chi connectivity index (χ4n) is 1.63. The van der Waals surface area contributed by atoms with E-state index in [1.54, 1.807) is 19.1 Å². The number of aromatic nitrogens is 2. The van der Waals surface area contributed by atoms with Crippen LogP contribution in [-0.2, 0) is 6.42 Å². The molecule has 0 spiro atoms. The first-order chi connectivity index (χ1) is 9.49. The van der Waals surface area contributed by atoms with E-state index >= 15 is 0 Å². The van der Waals surface area contributed by atoms with E-state index in [0.29, 0.717) is 34.0 Å². The van der Waals surface area contributed by atoms with Crippen LogP contribution >= 0.6 is 15.9 Å². The van der Waals surface area contributed by atoms with Crippen LogP contribution < -0.4 is 4.74 Å². The molecular formula is C13H12BrN3O3. The van der Waals surface area contributed by atoms with Crippen molar-refractivity contribution in [3.8, 4) is 11.6 Å². The average molecular weight is 338 g/mol. The number of hydrogen-bond donors (Lipinski definition) is 0. The van der Waals surface area contributed by atoms with Crippen LogP contribution in [0.2, 0.25) is 0 Å². The molecule has 1 heterocycles. The van der Waals surface area contributed by atoms with Gasteiger partial charge in [-0.25, -0.2) is 4.98 Å². The Balaban J connectivity index is 2.30. The minimum atomic E-state index is -0.437. The molecule has 0 bridgehead atoms. The number of rotatable bonds is 4. The Hall–Kier alpha value is -2.02. The van der Waals surface area contributed by atoms with Gasteiger partial charge in [-0.05, 0) is 34.5 Å². The van der Waals surface area contributed by atoms with Crippen LogP contribution in [0.15, 0.2) is 28.9 Å². The molecule has 1 aromatic heterocycles. The predicted molar refractivity (Wildman–Crippen MR) is 77.0 cm³/mol. The molecule has 0 aliphatic carbocycles. The summed E-state index contributed by atoms with van der Waals surface area (Å²) in [6.07, 6.45) is 0.690. The maximum absolute atomic E-state index is 10.7. The molecule has 1 aromatic carbocycles. The molecule has 0 saturated carbocycles. The molecule has 104 valence electrons. The average Bonchev–Trinajstić information content (AvgIpc) is 2.40. The number of nitrogens with zero attached hydrogens (tertiary/aromatic N) is 3. The van der Waals surface area contributed by atoms with Crippen LogP contribution in [0, 0.1) is 17.0 Å². The quantitative estimate of drug-likeness (QED) is 0.481. The SMILES string of the molecule is CCc1nc(Br)cc(Oc2ccc([N+](=O)[O-])cc2C)n1. The molecule has 7 heteroatoms. The number of aryl methyl sites for hydroxylation is 2. The van der Waals surface area contributed by atoms with Gasteiger partial charge in [0.2, 0.25) is 5.88 Å². The second kappa shape index (κ2) is 5.96. The summed E-state index contributed by atoms with van der Waals surface area (Å²) in [6, 6.07) is 6.08. The van der Waals surface area contributed by atoms with Crippen LogP contribution in [0.5, 0.6) is 11.6 Å². The lowest BCUT2D eigenvalue weighted by atomic mass is 10.2. The maximum atomic E-state index is 10.7. The van der Waals surface area contributed by atoms with E-state index in [-0.39, 0.29) is 5.69 Å². The van der Waals surface area contributed by atoms with E-state index in [9.17, 15) is 10.1 Å². The van der Waals surface area contributed by atoms with Crippen LogP contribution in [-0.4, -0.2) is 14.9 Å². The van der Waals surface area contributed by atoms with Gasteiger partial charge in [0.1, 0.15) is 16.2 Å². The minimum Gasteiger partial charge on any atom is -0.439 e. The second-order valence-electron chi connectivity index (χ2n) is 4.11. The number of halogens is 1. The Kier molecular flexibility index (Phi) is 4.29. The molecule has 0 fully saturated rings. The molecule has 20 heavy (non-hydrogen) atoms. The molecule has 2 rings (SSSR count). The molecule has 2 aromatic rings. The second-order valence-corrected chi connectivity index (χ2v) is 4.92. The standard InChI is InChI=1S/C13H12BrN3O3/c1-3-12-15-11(14)7-13(16-12)20-10-5-4-9(17(18)19)6-8(10)2/h4-7H,3H2,1-2H3. The molecule has 0 N–H and O–H groups in total. The molecule has 0 aliphatic heterocycles. The van der Waals surface area contributed by atoms with Crippen molar-refractivity contribution in [3.63, 3.8) is 0 Å². The molecule has 0 saturated heterocycles. The molecule has 0 radical (unpaired) electrons. The van der Waals surface area contributed by atoms with Crippen LogP contribution in [0.1, 0.15) is 18.3 Å². The third-order valence-electron chi connectivity index (χ3n) is 2.62. The Morgan fingerprint density at radius 2 is 2.10 bits per heavy atom. The summed E-state index contributed by atoms with van der Waals surface area (Å²) in [5.41, 5.74) is 0.708. The van der Waals surface area contributed by atoms with E-state index < -0.39 is 4.92 Å². The Labute approximate surface area is 124 Å². The lowest BCUT2D eigenvalue weighted by Gasteiger charge is -2.08. The third-order valence-corrected chi connectivity index (χ3v) is 3.02. The number of hydrogen-bond acceptors (Lipinski definition) is 5. The number of non-ortho nitro benzene ring substituents is 1. The summed E-state index contributed by atoms with van der Waals surface area (Å²) in [5, 5.41) is 10.7. The monoisotopic (exact) mass is 337 g/mol. The topological polar surface area (TPSA) is 78.2 Å². The van der Waals surface area contributed by atoms with Crippen molar-refractivity contribution in [2.45, 2.75) is 20.3 Å².